The molecule has 0 heterocycles. The van der Waals surface area contributed by atoms with Gasteiger partial charge in [0.25, 0.3) is 8.32 Å². The van der Waals surface area contributed by atoms with Gasteiger partial charge in [0.15, 0.2) is 0 Å². The highest BCUT2D eigenvalue weighted by Gasteiger charge is 2.50. The van der Waals surface area contributed by atoms with Gasteiger partial charge in [-0.3, -0.25) is 0 Å². The van der Waals surface area contributed by atoms with E-state index in [1.54, 1.807) is 0 Å². The Balaban J connectivity index is 2.22. The van der Waals surface area contributed by atoms with Crippen LogP contribution in [0.2, 0.25) is 5.04 Å². The van der Waals surface area contributed by atoms with E-state index >= 15 is 0 Å². The number of aldehydes is 1. The van der Waals surface area contributed by atoms with Crippen LogP contribution >= 0.6 is 0 Å². The topological polar surface area (TPSA) is 26.3 Å². The van der Waals surface area contributed by atoms with Crippen molar-refractivity contribution >= 4 is 25.0 Å². The van der Waals surface area contributed by atoms with Crippen molar-refractivity contribution in [3.8, 4) is 0 Å². The van der Waals surface area contributed by atoms with E-state index in [-0.39, 0.29) is 11.1 Å². The average molecular weight is 409 g/mol. The largest absolute Gasteiger partial charge is 0.405 e. The highest BCUT2D eigenvalue weighted by Crippen LogP contribution is 2.37. The SMILES string of the molecule is C[C@@H](CCC/C=C/CCC=O)O[Si](c1ccccc1)(c1ccccc1)C(C)(C)C. The molecule has 0 unspecified atom stereocenters. The summed E-state index contributed by atoms with van der Waals surface area (Å²) in [5.41, 5.74) is 0. The van der Waals surface area contributed by atoms with Gasteiger partial charge in [0, 0.05) is 12.5 Å². The van der Waals surface area contributed by atoms with Gasteiger partial charge in [-0.1, -0.05) is 93.6 Å². The minimum Gasteiger partial charge on any atom is -0.405 e. The van der Waals surface area contributed by atoms with Crippen molar-refractivity contribution in [2.24, 2.45) is 0 Å². The second kappa shape index (κ2) is 11.3. The third-order valence-electron chi connectivity index (χ3n) is 5.39. The Labute approximate surface area is 178 Å². The second-order valence-electron chi connectivity index (χ2n) is 8.74. The molecule has 0 radical (unpaired) electrons. The number of rotatable bonds is 11. The first-order valence-corrected chi connectivity index (χ1v) is 12.7. The summed E-state index contributed by atoms with van der Waals surface area (Å²) in [6.07, 6.45) is 10.1. The zero-order valence-electron chi connectivity index (χ0n) is 18.4. The van der Waals surface area contributed by atoms with E-state index in [4.69, 9.17) is 4.43 Å². The smallest absolute Gasteiger partial charge is 0.261 e. The molecular weight excluding hydrogens is 372 g/mol. The van der Waals surface area contributed by atoms with Crippen LogP contribution in [0, 0.1) is 0 Å². The van der Waals surface area contributed by atoms with Gasteiger partial charge in [-0.25, -0.2) is 0 Å². The van der Waals surface area contributed by atoms with Crippen molar-refractivity contribution in [2.45, 2.75) is 70.9 Å². The Kier molecular flexibility index (Phi) is 9.06. The number of carbonyl (C=O) groups excluding carboxylic acids is 1. The molecule has 2 aromatic rings. The van der Waals surface area contributed by atoms with Gasteiger partial charge < -0.3 is 9.22 Å². The normalized spacial score (nSPS) is 13.5. The Morgan fingerprint density at radius 1 is 0.862 bits per heavy atom. The fourth-order valence-corrected chi connectivity index (χ4v) is 8.71. The lowest BCUT2D eigenvalue weighted by Gasteiger charge is -2.44. The van der Waals surface area contributed by atoms with Crippen molar-refractivity contribution in [1.29, 1.82) is 0 Å². The van der Waals surface area contributed by atoms with Crippen LogP contribution in [0.1, 0.15) is 59.8 Å². The summed E-state index contributed by atoms with van der Waals surface area (Å²) in [7, 11) is -2.46. The quantitative estimate of drug-likeness (QED) is 0.208. The van der Waals surface area contributed by atoms with Crippen LogP contribution in [0.4, 0.5) is 0 Å². The molecule has 0 saturated carbocycles. The molecule has 0 aliphatic heterocycles. The lowest BCUT2D eigenvalue weighted by Crippen LogP contribution is -2.67. The number of hydrogen-bond acceptors (Lipinski definition) is 2. The molecule has 1 atom stereocenters. The number of hydrogen-bond donors (Lipinski definition) is 0. The van der Waals surface area contributed by atoms with Gasteiger partial charge in [-0.15, -0.1) is 0 Å². The Morgan fingerprint density at radius 2 is 1.38 bits per heavy atom. The maximum atomic E-state index is 10.4. The number of benzene rings is 2. The van der Waals surface area contributed by atoms with E-state index in [0.717, 1.165) is 32.0 Å². The molecule has 0 amide bonds. The molecule has 0 bridgehead atoms. The van der Waals surface area contributed by atoms with Crippen molar-refractivity contribution < 1.29 is 9.22 Å². The van der Waals surface area contributed by atoms with Crippen LogP contribution < -0.4 is 10.4 Å². The number of carbonyl (C=O) groups is 1. The van der Waals surface area contributed by atoms with Gasteiger partial charge in [0.05, 0.1) is 0 Å². The average Bonchev–Trinajstić information content (AvgIpc) is 2.71. The molecule has 2 aromatic carbocycles. The molecule has 29 heavy (non-hydrogen) atoms. The first-order chi connectivity index (χ1) is 13.9. The Morgan fingerprint density at radius 3 is 1.86 bits per heavy atom. The van der Waals surface area contributed by atoms with Crippen LogP contribution in [0.3, 0.4) is 0 Å². The minimum absolute atomic E-state index is 0.0126. The van der Waals surface area contributed by atoms with E-state index in [1.165, 1.54) is 10.4 Å². The summed E-state index contributed by atoms with van der Waals surface area (Å²) >= 11 is 0. The maximum Gasteiger partial charge on any atom is 0.261 e. The predicted octanol–water partition coefficient (Wildman–Crippen LogP) is 5.66. The molecule has 0 N–H and O–H groups in total. The van der Waals surface area contributed by atoms with Gasteiger partial charge in [-0.2, -0.15) is 0 Å². The summed E-state index contributed by atoms with van der Waals surface area (Å²) < 4.78 is 7.09. The predicted molar refractivity (Wildman–Crippen MR) is 126 cm³/mol. The zero-order chi connectivity index (χ0) is 21.2. The van der Waals surface area contributed by atoms with Gasteiger partial charge in [0.1, 0.15) is 6.29 Å². The van der Waals surface area contributed by atoms with E-state index in [9.17, 15) is 4.79 Å². The van der Waals surface area contributed by atoms with Crippen LogP contribution in [0.25, 0.3) is 0 Å². The molecule has 3 heteroatoms. The molecule has 2 rings (SSSR count). The van der Waals surface area contributed by atoms with E-state index < -0.39 is 8.32 Å². The lowest BCUT2D eigenvalue weighted by atomic mass is 10.1. The standard InChI is InChI=1S/C26H36O2Si/c1-23(17-11-7-5-6-8-16-22-27)28-29(26(2,3)4,24-18-12-9-13-19-24)25-20-14-10-15-21-25/h5-6,9-10,12-15,18-23H,7-8,11,16-17H2,1-4H3/b6-5+/t23-/m0/s1. The first kappa shape index (κ1) is 23.3. The Bertz CT molecular complexity index is 708. The maximum absolute atomic E-state index is 10.4. The van der Waals surface area contributed by atoms with Crippen molar-refractivity contribution in [3.63, 3.8) is 0 Å². The van der Waals surface area contributed by atoms with Crippen molar-refractivity contribution in [2.75, 3.05) is 0 Å². The van der Waals surface area contributed by atoms with Gasteiger partial charge in [-0.05, 0) is 48.0 Å². The van der Waals surface area contributed by atoms with Crippen LogP contribution in [-0.4, -0.2) is 20.7 Å². The number of allylic oxidation sites excluding steroid dienone is 2. The van der Waals surface area contributed by atoms with Gasteiger partial charge >= 0.3 is 0 Å². The third-order valence-corrected chi connectivity index (χ3v) is 10.6. The molecule has 0 saturated heterocycles. The van der Waals surface area contributed by atoms with Crippen LogP contribution in [0.15, 0.2) is 72.8 Å². The molecule has 0 aromatic heterocycles. The summed E-state index contributed by atoms with van der Waals surface area (Å²) in [5.74, 6) is 0. The highest BCUT2D eigenvalue weighted by atomic mass is 28.4. The summed E-state index contributed by atoms with van der Waals surface area (Å²) in [6.45, 7) is 9.18. The monoisotopic (exact) mass is 408 g/mol. The van der Waals surface area contributed by atoms with Crippen molar-refractivity contribution in [1.82, 2.24) is 0 Å². The molecule has 0 fully saturated rings. The number of unbranched alkanes of at least 4 members (excludes halogenated alkanes) is 2. The molecular formula is C26H36O2Si. The van der Waals surface area contributed by atoms with Crippen LogP contribution in [0.5, 0.6) is 0 Å². The van der Waals surface area contributed by atoms with E-state index in [0.29, 0.717) is 6.42 Å². The lowest BCUT2D eigenvalue weighted by molar-refractivity contribution is -0.107. The highest BCUT2D eigenvalue weighted by molar-refractivity contribution is 6.99. The van der Waals surface area contributed by atoms with E-state index in [1.807, 2.05) is 0 Å². The third kappa shape index (κ3) is 6.25. The molecule has 0 aliphatic rings. The molecule has 156 valence electrons. The minimum atomic E-state index is -2.46. The fourth-order valence-electron chi connectivity index (χ4n) is 3.98. The second-order valence-corrected chi connectivity index (χ2v) is 13.0. The first-order valence-electron chi connectivity index (χ1n) is 10.8. The van der Waals surface area contributed by atoms with E-state index in [2.05, 4.69) is 101 Å². The summed E-state index contributed by atoms with van der Waals surface area (Å²) in [5, 5.41) is 2.68. The molecule has 0 aliphatic carbocycles. The molecule has 0 spiro atoms. The summed E-state index contributed by atoms with van der Waals surface area (Å²) in [4.78, 5) is 10.4. The van der Waals surface area contributed by atoms with Crippen molar-refractivity contribution in [3.05, 3.63) is 72.8 Å². The Hall–Kier alpha value is -1.97. The van der Waals surface area contributed by atoms with Gasteiger partial charge in [0.2, 0.25) is 0 Å². The fraction of sp³-hybridized carbons (Fsp3) is 0.423. The van der Waals surface area contributed by atoms with Crippen LogP contribution in [-0.2, 0) is 9.22 Å². The molecule has 2 nitrogen and oxygen atoms in total. The zero-order valence-corrected chi connectivity index (χ0v) is 19.4. The summed E-state index contributed by atoms with van der Waals surface area (Å²) in [6, 6.07) is 21.6.